The molecule has 35 heavy (non-hydrogen) atoms. The van der Waals surface area contributed by atoms with E-state index in [0.29, 0.717) is 17.1 Å². The number of ether oxygens (including phenoxy) is 1. The Morgan fingerprint density at radius 3 is 2.40 bits per heavy atom. The van der Waals surface area contributed by atoms with Crippen molar-refractivity contribution in [2.45, 2.75) is 13.8 Å². The highest BCUT2D eigenvalue weighted by Gasteiger charge is 2.38. The highest BCUT2D eigenvalue weighted by molar-refractivity contribution is 6.35. The first kappa shape index (κ1) is 23.7. The van der Waals surface area contributed by atoms with Crippen LogP contribution >= 0.6 is 0 Å². The van der Waals surface area contributed by atoms with E-state index in [1.807, 2.05) is 19.1 Å². The number of hydrogen-bond acceptors (Lipinski definition) is 5. The molecule has 0 aromatic heterocycles. The lowest BCUT2D eigenvalue weighted by atomic mass is 10.0. The number of rotatable bonds is 7. The van der Waals surface area contributed by atoms with Gasteiger partial charge in [-0.15, -0.1) is 0 Å². The Morgan fingerprint density at radius 2 is 1.69 bits per heavy atom. The van der Waals surface area contributed by atoms with E-state index in [1.165, 1.54) is 30.2 Å². The molecule has 3 aromatic carbocycles. The third-order valence-corrected chi connectivity index (χ3v) is 5.85. The van der Waals surface area contributed by atoms with Crippen LogP contribution in [0.5, 0.6) is 5.75 Å². The zero-order valence-corrected chi connectivity index (χ0v) is 19.7. The molecule has 0 spiro atoms. The first-order valence-electron chi connectivity index (χ1n) is 11.2. The van der Waals surface area contributed by atoms with E-state index in [0.717, 1.165) is 10.5 Å². The van der Waals surface area contributed by atoms with Crippen molar-refractivity contribution in [3.05, 3.63) is 89.0 Å². The highest BCUT2D eigenvalue weighted by Crippen LogP contribution is 2.31. The first-order valence-corrected chi connectivity index (χ1v) is 11.2. The van der Waals surface area contributed by atoms with Crippen LogP contribution in [0.25, 0.3) is 0 Å². The minimum Gasteiger partial charge on any atom is -0.497 e. The smallest absolute Gasteiger partial charge is 0.266 e. The minimum absolute atomic E-state index is 0.168. The van der Waals surface area contributed by atoms with E-state index < -0.39 is 17.7 Å². The number of para-hydroxylation sites is 1. The van der Waals surface area contributed by atoms with Crippen molar-refractivity contribution < 1.29 is 23.9 Å². The van der Waals surface area contributed by atoms with Gasteiger partial charge in [-0.05, 0) is 55.8 Å². The lowest BCUT2D eigenvalue weighted by Crippen LogP contribution is -2.38. The monoisotopic (exact) mass is 471 g/mol. The average Bonchev–Trinajstić information content (AvgIpc) is 3.11. The first-order chi connectivity index (χ1) is 16.8. The van der Waals surface area contributed by atoms with Gasteiger partial charge in [0.25, 0.3) is 17.7 Å². The molecule has 8 nitrogen and oxygen atoms in total. The summed E-state index contributed by atoms with van der Waals surface area (Å²) < 4.78 is 5.16. The van der Waals surface area contributed by atoms with E-state index >= 15 is 0 Å². The molecule has 4 rings (SSSR count). The molecule has 0 atom stereocenters. The molecule has 0 unspecified atom stereocenters. The summed E-state index contributed by atoms with van der Waals surface area (Å²) in [5, 5.41) is 2.75. The Morgan fingerprint density at radius 1 is 0.943 bits per heavy atom. The summed E-state index contributed by atoms with van der Waals surface area (Å²) in [6.45, 7) is 3.69. The molecule has 8 heteroatoms. The number of imide groups is 1. The molecule has 0 saturated heterocycles. The number of benzene rings is 3. The zero-order chi connectivity index (χ0) is 25.1. The predicted molar refractivity (Wildman–Crippen MR) is 132 cm³/mol. The van der Waals surface area contributed by atoms with Crippen LogP contribution in [0.2, 0.25) is 0 Å². The van der Waals surface area contributed by atoms with Crippen molar-refractivity contribution in [3.63, 3.8) is 0 Å². The van der Waals surface area contributed by atoms with E-state index in [9.17, 15) is 19.2 Å². The molecule has 0 bridgehead atoms. The second-order valence-corrected chi connectivity index (χ2v) is 8.09. The van der Waals surface area contributed by atoms with Crippen LogP contribution < -0.4 is 15.0 Å². The van der Waals surface area contributed by atoms with Crippen LogP contribution in [0.1, 0.15) is 43.6 Å². The fourth-order valence-electron chi connectivity index (χ4n) is 3.99. The lowest BCUT2D eigenvalue weighted by Gasteiger charge is -2.20. The van der Waals surface area contributed by atoms with Crippen molar-refractivity contribution in [2.24, 2.45) is 0 Å². The van der Waals surface area contributed by atoms with Crippen LogP contribution in [0.15, 0.2) is 66.7 Å². The van der Waals surface area contributed by atoms with Crippen LogP contribution in [0, 0.1) is 6.92 Å². The summed E-state index contributed by atoms with van der Waals surface area (Å²) >= 11 is 0. The number of nitrogens with zero attached hydrogens (tertiary/aromatic N) is 2. The van der Waals surface area contributed by atoms with Crippen molar-refractivity contribution in [1.29, 1.82) is 0 Å². The molecular weight excluding hydrogens is 446 g/mol. The quantitative estimate of drug-likeness (QED) is 0.527. The van der Waals surface area contributed by atoms with Crippen LogP contribution in [0.4, 0.5) is 11.4 Å². The molecular formula is C27H25N3O5. The van der Waals surface area contributed by atoms with Gasteiger partial charge in [0.05, 0.1) is 23.9 Å². The molecule has 4 amide bonds. The minimum atomic E-state index is -0.479. The van der Waals surface area contributed by atoms with Gasteiger partial charge in [0.2, 0.25) is 5.91 Å². The Kier molecular flexibility index (Phi) is 6.64. The average molecular weight is 472 g/mol. The van der Waals surface area contributed by atoms with Gasteiger partial charge >= 0.3 is 0 Å². The highest BCUT2D eigenvalue weighted by atomic mass is 16.5. The number of aryl methyl sites for hydroxylation is 1. The molecule has 0 radical (unpaired) electrons. The van der Waals surface area contributed by atoms with E-state index in [-0.39, 0.29) is 35.7 Å². The number of fused-ring (bicyclic) bond motifs is 1. The lowest BCUT2D eigenvalue weighted by molar-refractivity contribution is -0.116. The van der Waals surface area contributed by atoms with Gasteiger partial charge in [0.1, 0.15) is 12.3 Å². The molecule has 178 valence electrons. The summed E-state index contributed by atoms with van der Waals surface area (Å²) in [5.74, 6) is -1.09. The second-order valence-electron chi connectivity index (χ2n) is 8.09. The largest absolute Gasteiger partial charge is 0.497 e. The standard InChI is InChI=1S/C27H25N3O5/c1-4-29(16-24(31)28-19-9-7-10-20(15-19)35-3)25(32)18-12-13-21-22(14-18)27(34)30(26(21)33)23-11-6-5-8-17(23)2/h5-15H,4,16H2,1-3H3,(H,28,31). The van der Waals surface area contributed by atoms with E-state index in [4.69, 9.17) is 4.74 Å². The van der Waals surface area contributed by atoms with E-state index in [2.05, 4.69) is 5.32 Å². The number of carbonyl (C=O) groups is 4. The maximum absolute atomic E-state index is 13.2. The third kappa shape index (κ3) is 4.63. The topological polar surface area (TPSA) is 96.0 Å². The number of amides is 4. The predicted octanol–water partition coefficient (Wildman–Crippen LogP) is 3.91. The van der Waals surface area contributed by atoms with E-state index in [1.54, 1.807) is 43.3 Å². The summed E-state index contributed by atoms with van der Waals surface area (Å²) in [7, 11) is 1.54. The fraction of sp³-hybridized carbons (Fsp3) is 0.185. The van der Waals surface area contributed by atoms with Gasteiger partial charge in [-0.25, -0.2) is 4.90 Å². The zero-order valence-electron chi connectivity index (χ0n) is 19.7. The molecule has 0 saturated carbocycles. The second kappa shape index (κ2) is 9.80. The van der Waals surface area contributed by atoms with Gasteiger partial charge in [-0.2, -0.15) is 0 Å². The summed E-state index contributed by atoms with van der Waals surface area (Å²) in [5.41, 5.74) is 2.49. The normalized spacial score (nSPS) is 12.4. The Balaban J connectivity index is 1.52. The van der Waals surface area contributed by atoms with Gasteiger partial charge in [0.15, 0.2) is 0 Å². The van der Waals surface area contributed by atoms with Crippen molar-refractivity contribution >= 4 is 35.0 Å². The third-order valence-electron chi connectivity index (χ3n) is 5.85. The number of carbonyl (C=O) groups excluding carboxylic acids is 4. The van der Waals surface area contributed by atoms with Crippen LogP contribution in [0.3, 0.4) is 0 Å². The summed E-state index contributed by atoms with van der Waals surface area (Å²) in [6, 6.07) is 18.5. The molecule has 1 aliphatic heterocycles. The van der Waals surface area contributed by atoms with Gasteiger partial charge in [0, 0.05) is 23.9 Å². The molecule has 0 fully saturated rings. The molecule has 3 aromatic rings. The number of anilines is 2. The van der Waals surface area contributed by atoms with Crippen molar-refractivity contribution in [1.82, 2.24) is 4.90 Å². The Labute approximate surface area is 203 Å². The molecule has 0 aliphatic carbocycles. The number of likely N-dealkylation sites (N-methyl/N-ethyl adjacent to an activating group) is 1. The number of methoxy groups -OCH3 is 1. The van der Waals surface area contributed by atoms with Gasteiger partial charge in [-0.1, -0.05) is 24.3 Å². The van der Waals surface area contributed by atoms with Crippen molar-refractivity contribution in [3.8, 4) is 5.75 Å². The van der Waals surface area contributed by atoms with Gasteiger partial charge < -0.3 is 15.0 Å². The summed E-state index contributed by atoms with van der Waals surface area (Å²) in [6.07, 6.45) is 0. The fourth-order valence-corrected chi connectivity index (χ4v) is 3.99. The SMILES string of the molecule is CCN(CC(=O)Nc1cccc(OC)c1)C(=O)c1ccc2c(c1)C(=O)N(c1ccccc1C)C2=O. The number of nitrogens with one attached hydrogen (secondary N) is 1. The Bertz CT molecular complexity index is 1330. The Hall–Kier alpha value is -4.46. The number of hydrogen-bond donors (Lipinski definition) is 1. The maximum Gasteiger partial charge on any atom is 0.266 e. The molecule has 1 N–H and O–H groups in total. The van der Waals surface area contributed by atoms with Crippen molar-refractivity contribution in [2.75, 3.05) is 30.4 Å². The van der Waals surface area contributed by atoms with Crippen LogP contribution in [-0.2, 0) is 4.79 Å². The molecule has 1 heterocycles. The van der Waals surface area contributed by atoms with Crippen LogP contribution in [-0.4, -0.2) is 48.7 Å². The summed E-state index contributed by atoms with van der Waals surface area (Å²) in [4.78, 5) is 54.3. The maximum atomic E-state index is 13.2. The molecule has 1 aliphatic rings. The van der Waals surface area contributed by atoms with Gasteiger partial charge in [-0.3, -0.25) is 19.2 Å².